The van der Waals surface area contributed by atoms with Crippen LogP contribution in [0.4, 0.5) is 0 Å². The second-order valence-electron chi connectivity index (χ2n) is 2.31. The van der Waals surface area contributed by atoms with Gasteiger partial charge in [-0.1, -0.05) is 0 Å². The first kappa shape index (κ1) is 17.9. The molecule has 0 aliphatic carbocycles. The van der Waals surface area contributed by atoms with Crippen LogP contribution >= 0.6 is 0 Å². The molecule has 0 aliphatic heterocycles. The van der Waals surface area contributed by atoms with Crippen molar-refractivity contribution < 1.29 is 32.0 Å². The van der Waals surface area contributed by atoms with Gasteiger partial charge in [-0.25, -0.2) is 0 Å². The summed E-state index contributed by atoms with van der Waals surface area (Å²) < 4.78 is 38.1. The second-order valence-corrected chi connectivity index (χ2v) is 3.91. The molecule has 0 aromatic rings. The van der Waals surface area contributed by atoms with E-state index in [0.717, 1.165) is 14.2 Å². The molecule has 0 rings (SSSR count). The van der Waals surface area contributed by atoms with Gasteiger partial charge in [0.25, 0.3) is 10.1 Å². The van der Waals surface area contributed by atoms with Crippen LogP contribution < -0.4 is 0 Å². The molecular weight excluding hydrogens is 255 g/mol. The quantitative estimate of drug-likeness (QED) is 0.368. The molecule has 0 spiro atoms. The maximum absolute atomic E-state index is 10.8. The van der Waals surface area contributed by atoms with E-state index in [1.807, 2.05) is 0 Å². The van der Waals surface area contributed by atoms with Gasteiger partial charge in [0, 0.05) is 0 Å². The minimum atomic E-state index is -4.66. The zero-order chi connectivity index (χ0) is 11.4. The molecule has 1 N–H and O–H groups in total. The fraction of sp³-hybridized carbons (Fsp3) is 0.667. The Labute approximate surface area is 130 Å². The Morgan fingerprint density at radius 3 is 2.00 bits per heavy atom. The van der Waals surface area contributed by atoms with Gasteiger partial charge in [-0.3, -0.25) is 14.1 Å². The molecule has 0 heterocycles. The predicted octanol–water partition coefficient (Wildman–Crippen LogP) is -1.67. The SMILES string of the molecule is COC(=O)CC(C(=O)OC)S(=O)(=O)O.[KH]. The van der Waals surface area contributed by atoms with Gasteiger partial charge in [0.1, 0.15) is 0 Å². The summed E-state index contributed by atoms with van der Waals surface area (Å²) in [5.41, 5.74) is 0. The molecule has 0 aliphatic rings. The van der Waals surface area contributed by atoms with Crippen molar-refractivity contribution in [1.29, 1.82) is 0 Å². The third-order valence-corrected chi connectivity index (χ3v) is 2.48. The molecule has 0 aromatic heterocycles. The van der Waals surface area contributed by atoms with Gasteiger partial charge in [0.15, 0.2) is 5.25 Å². The summed E-state index contributed by atoms with van der Waals surface area (Å²) in [4.78, 5) is 21.5. The molecule has 84 valence electrons. The number of carbonyl (C=O) groups is 2. The molecule has 1 unspecified atom stereocenters. The predicted molar refractivity (Wildman–Crippen MR) is 51.1 cm³/mol. The van der Waals surface area contributed by atoms with Crippen LogP contribution in [0.2, 0.25) is 0 Å². The van der Waals surface area contributed by atoms with Gasteiger partial charge in [-0.05, 0) is 0 Å². The first-order valence-electron chi connectivity index (χ1n) is 3.44. The van der Waals surface area contributed by atoms with E-state index < -0.39 is 33.7 Å². The Bertz CT molecular complexity index is 322. The van der Waals surface area contributed by atoms with Crippen LogP contribution in [0.1, 0.15) is 6.42 Å². The van der Waals surface area contributed by atoms with Crippen molar-refractivity contribution >= 4 is 73.4 Å². The molecule has 0 radical (unpaired) electrons. The summed E-state index contributed by atoms with van der Waals surface area (Å²) in [6.07, 6.45) is -0.776. The molecule has 7 nitrogen and oxygen atoms in total. The van der Waals surface area contributed by atoms with Crippen LogP contribution in [-0.2, 0) is 29.2 Å². The van der Waals surface area contributed by atoms with Crippen LogP contribution in [-0.4, -0.2) is 95.8 Å². The first-order chi connectivity index (χ1) is 6.32. The second kappa shape index (κ2) is 7.71. The standard InChI is InChI=1S/C6H10O7S.K.H/c1-12-5(7)3-4(6(8)13-2)14(9,10)11;;/h4H,3H2,1-2H3,(H,9,10,11);;. The van der Waals surface area contributed by atoms with E-state index in [2.05, 4.69) is 9.47 Å². The molecule has 1 atom stereocenters. The van der Waals surface area contributed by atoms with E-state index in [4.69, 9.17) is 4.55 Å². The van der Waals surface area contributed by atoms with Crippen LogP contribution in [0.3, 0.4) is 0 Å². The van der Waals surface area contributed by atoms with Crippen LogP contribution in [0.25, 0.3) is 0 Å². The van der Waals surface area contributed by atoms with Gasteiger partial charge in [-0.2, -0.15) is 8.42 Å². The van der Waals surface area contributed by atoms with E-state index in [-0.39, 0.29) is 51.4 Å². The van der Waals surface area contributed by atoms with E-state index >= 15 is 0 Å². The molecule has 0 aromatic carbocycles. The van der Waals surface area contributed by atoms with Crippen molar-refractivity contribution in [3.8, 4) is 0 Å². The van der Waals surface area contributed by atoms with Gasteiger partial charge in [0.2, 0.25) is 0 Å². The van der Waals surface area contributed by atoms with Crippen molar-refractivity contribution in [2.75, 3.05) is 14.2 Å². The van der Waals surface area contributed by atoms with Crippen molar-refractivity contribution in [2.45, 2.75) is 11.7 Å². The molecule has 0 saturated carbocycles. The zero-order valence-electron chi connectivity index (χ0n) is 7.59. The monoisotopic (exact) mass is 266 g/mol. The first-order valence-corrected chi connectivity index (χ1v) is 4.94. The molecule has 15 heavy (non-hydrogen) atoms. The maximum atomic E-state index is 10.8. The summed E-state index contributed by atoms with van der Waals surface area (Å²) in [6, 6.07) is 0. The van der Waals surface area contributed by atoms with E-state index in [1.165, 1.54) is 0 Å². The van der Waals surface area contributed by atoms with E-state index in [9.17, 15) is 18.0 Å². The van der Waals surface area contributed by atoms with E-state index in [1.54, 1.807) is 0 Å². The number of rotatable bonds is 4. The Balaban J connectivity index is 0. The normalized spacial score (nSPS) is 12.2. The number of hydrogen-bond donors (Lipinski definition) is 1. The van der Waals surface area contributed by atoms with Gasteiger partial charge < -0.3 is 9.47 Å². The Hall–Kier alpha value is 0.486. The average Bonchev–Trinajstić information content (AvgIpc) is 2.10. The molecule has 0 amide bonds. The van der Waals surface area contributed by atoms with Crippen LogP contribution in [0, 0.1) is 0 Å². The summed E-state index contributed by atoms with van der Waals surface area (Å²) >= 11 is 0. The number of carbonyl (C=O) groups excluding carboxylic acids is 2. The van der Waals surface area contributed by atoms with Crippen molar-refractivity contribution in [1.82, 2.24) is 0 Å². The summed E-state index contributed by atoms with van der Waals surface area (Å²) in [5.74, 6) is -2.14. The van der Waals surface area contributed by atoms with Crippen molar-refractivity contribution in [3.05, 3.63) is 0 Å². The number of methoxy groups -OCH3 is 2. The Morgan fingerprint density at radius 2 is 1.73 bits per heavy atom. The molecule has 0 fully saturated rings. The van der Waals surface area contributed by atoms with Gasteiger partial charge in [-0.15, -0.1) is 0 Å². The third kappa shape index (κ3) is 6.61. The summed E-state index contributed by atoms with van der Waals surface area (Å²) in [6.45, 7) is 0. The zero-order valence-corrected chi connectivity index (χ0v) is 8.41. The topological polar surface area (TPSA) is 107 Å². The van der Waals surface area contributed by atoms with E-state index in [0.29, 0.717) is 0 Å². The van der Waals surface area contributed by atoms with Crippen LogP contribution in [0.5, 0.6) is 0 Å². The number of esters is 2. The summed E-state index contributed by atoms with van der Waals surface area (Å²) in [5, 5.41) is -1.93. The molecule has 0 bridgehead atoms. The van der Waals surface area contributed by atoms with Crippen LogP contribution in [0.15, 0.2) is 0 Å². The Morgan fingerprint density at radius 1 is 1.27 bits per heavy atom. The summed E-state index contributed by atoms with van der Waals surface area (Å²) in [7, 11) is -2.69. The third-order valence-electron chi connectivity index (χ3n) is 1.40. The number of hydrogen-bond acceptors (Lipinski definition) is 6. The molecular formula is C6H11KO7S. The fourth-order valence-corrected chi connectivity index (χ4v) is 1.36. The average molecular weight is 266 g/mol. The molecule has 0 saturated heterocycles. The van der Waals surface area contributed by atoms with Gasteiger partial charge in [0.05, 0.1) is 20.6 Å². The fourth-order valence-electron chi connectivity index (χ4n) is 0.676. The Kier molecular flexibility index (Phi) is 9.18. The minimum absolute atomic E-state index is 0. The van der Waals surface area contributed by atoms with Crippen molar-refractivity contribution in [3.63, 3.8) is 0 Å². The number of ether oxygens (including phenoxy) is 2. The molecule has 9 heteroatoms. The van der Waals surface area contributed by atoms with Crippen molar-refractivity contribution in [2.24, 2.45) is 0 Å². The van der Waals surface area contributed by atoms with Gasteiger partial charge >= 0.3 is 63.3 Å².